The number of rotatable bonds is 1. The van der Waals surface area contributed by atoms with Crippen LogP contribution < -0.4 is 0 Å². The Bertz CT molecular complexity index is 681. The highest BCUT2D eigenvalue weighted by molar-refractivity contribution is 7.15. The minimum absolute atomic E-state index is 0.520. The van der Waals surface area contributed by atoms with Gasteiger partial charge >= 0.3 is 0 Å². The Morgan fingerprint density at radius 2 is 2.06 bits per heavy atom. The van der Waals surface area contributed by atoms with Crippen molar-refractivity contribution in [3.05, 3.63) is 34.1 Å². The zero-order valence-corrected chi connectivity index (χ0v) is 10.9. The number of hydrogen-bond donors (Lipinski definition) is 0. The predicted octanol–water partition coefficient (Wildman–Crippen LogP) is 3.12. The number of nitrogens with zero attached hydrogens (tertiary/aromatic N) is 4. The van der Waals surface area contributed by atoms with E-state index in [1.54, 1.807) is 28.1 Å². The SMILES string of the molecule is Cc1cc(-c2nnc3cncc(Cl)n23)sc1C. The molecule has 0 aromatic carbocycles. The molecule has 3 heterocycles. The molecule has 0 aliphatic rings. The van der Waals surface area contributed by atoms with E-state index in [0.717, 1.165) is 10.7 Å². The molecule has 0 unspecified atom stereocenters. The lowest BCUT2D eigenvalue weighted by Crippen LogP contribution is -1.90. The topological polar surface area (TPSA) is 43.1 Å². The molecule has 0 aliphatic carbocycles. The van der Waals surface area contributed by atoms with Gasteiger partial charge in [-0.3, -0.25) is 9.38 Å². The van der Waals surface area contributed by atoms with Crippen LogP contribution in [0.3, 0.4) is 0 Å². The van der Waals surface area contributed by atoms with Crippen molar-refractivity contribution in [1.82, 2.24) is 19.6 Å². The van der Waals surface area contributed by atoms with E-state index in [9.17, 15) is 0 Å². The van der Waals surface area contributed by atoms with Crippen molar-refractivity contribution >= 4 is 28.6 Å². The Hall–Kier alpha value is -1.46. The highest BCUT2D eigenvalue weighted by Gasteiger charge is 2.13. The highest BCUT2D eigenvalue weighted by Crippen LogP contribution is 2.30. The van der Waals surface area contributed by atoms with E-state index in [2.05, 4.69) is 35.1 Å². The zero-order chi connectivity index (χ0) is 12.0. The summed E-state index contributed by atoms with van der Waals surface area (Å²) in [5.74, 6) is 0.772. The molecule has 3 rings (SSSR count). The van der Waals surface area contributed by atoms with Gasteiger partial charge in [-0.25, -0.2) is 0 Å². The van der Waals surface area contributed by atoms with Crippen LogP contribution in [0.15, 0.2) is 18.5 Å². The maximum Gasteiger partial charge on any atom is 0.180 e. The Balaban J connectivity index is 2.31. The molecule has 4 nitrogen and oxygen atoms in total. The summed E-state index contributed by atoms with van der Waals surface area (Å²) in [6.45, 7) is 4.18. The maximum absolute atomic E-state index is 6.13. The first-order chi connectivity index (χ1) is 8.16. The molecule has 3 aromatic heterocycles. The smallest absolute Gasteiger partial charge is 0.180 e. The molecule has 3 aromatic rings. The molecule has 0 radical (unpaired) electrons. The van der Waals surface area contributed by atoms with Gasteiger partial charge in [0.05, 0.1) is 17.3 Å². The van der Waals surface area contributed by atoms with E-state index in [1.807, 2.05) is 0 Å². The van der Waals surface area contributed by atoms with Crippen molar-refractivity contribution in [1.29, 1.82) is 0 Å². The number of fused-ring (bicyclic) bond motifs is 1. The van der Waals surface area contributed by atoms with E-state index in [0.29, 0.717) is 10.8 Å². The van der Waals surface area contributed by atoms with Crippen LogP contribution in [0.5, 0.6) is 0 Å². The lowest BCUT2D eigenvalue weighted by Gasteiger charge is -1.98. The third-order valence-corrected chi connectivity index (χ3v) is 4.07. The van der Waals surface area contributed by atoms with E-state index >= 15 is 0 Å². The Labute approximate surface area is 107 Å². The van der Waals surface area contributed by atoms with E-state index < -0.39 is 0 Å². The van der Waals surface area contributed by atoms with Crippen molar-refractivity contribution in [2.24, 2.45) is 0 Å². The van der Waals surface area contributed by atoms with Crippen LogP contribution in [-0.2, 0) is 0 Å². The second-order valence-corrected chi connectivity index (χ2v) is 5.44. The van der Waals surface area contributed by atoms with Crippen molar-refractivity contribution in [2.75, 3.05) is 0 Å². The van der Waals surface area contributed by atoms with Gasteiger partial charge < -0.3 is 0 Å². The molecule has 0 fully saturated rings. The average Bonchev–Trinajstić information content (AvgIpc) is 2.85. The molecule has 0 amide bonds. The summed E-state index contributed by atoms with van der Waals surface area (Å²) in [5, 5.41) is 8.77. The molecule has 0 bridgehead atoms. The van der Waals surface area contributed by atoms with Crippen LogP contribution in [-0.4, -0.2) is 19.6 Å². The molecule has 0 spiro atoms. The fourth-order valence-corrected chi connectivity index (χ4v) is 2.89. The van der Waals surface area contributed by atoms with Crippen molar-refractivity contribution < 1.29 is 0 Å². The van der Waals surface area contributed by atoms with Crippen LogP contribution in [0.1, 0.15) is 10.4 Å². The molecule has 0 saturated carbocycles. The van der Waals surface area contributed by atoms with Gasteiger partial charge in [0.2, 0.25) is 0 Å². The standard InChI is InChI=1S/C11H9ClN4S/c1-6-3-8(17-7(6)2)11-15-14-10-5-13-4-9(12)16(10)11/h3-5H,1-2H3. The van der Waals surface area contributed by atoms with Gasteiger partial charge in [-0.2, -0.15) is 0 Å². The Morgan fingerprint density at radius 3 is 2.76 bits per heavy atom. The summed E-state index contributed by atoms with van der Waals surface area (Å²) in [5.41, 5.74) is 1.92. The average molecular weight is 265 g/mol. The second kappa shape index (κ2) is 3.78. The number of thiophene rings is 1. The number of aryl methyl sites for hydroxylation is 2. The first-order valence-corrected chi connectivity index (χ1v) is 6.28. The fraction of sp³-hybridized carbons (Fsp3) is 0.182. The second-order valence-electron chi connectivity index (χ2n) is 3.80. The van der Waals surface area contributed by atoms with Crippen LogP contribution in [0.4, 0.5) is 0 Å². The lowest BCUT2D eigenvalue weighted by molar-refractivity contribution is 1.12. The molecular weight excluding hydrogens is 256 g/mol. The summed E-state index contributed by atoms with van der Waals surface area (Å²) < 4.78 is 1.80. The van der Waals surface area contributed by atoms with Gasteiger partial charge in [-0.1, -0.05) is 11.6 Å². The molecule has 0 aliphatic heterocycles. The van der Waals surface area contributed by atoms with Crippen molar-refractivity contribution in [3.8, 4) is 10.7 Å². The third-order valence-electron chi connectivity index (χ3n) is 2.66. The molecule has 86 valence electrons. The van der Waals surface area contributed by atoms with Crippen molar-refractivity contribution in [2.45, 2.75) is 13.8 Å². The van der Waals surface area contributed by atoms with E-state index in [4.69, 9.17) is 11.6 Å². The highest BCUT2D eigenvalue weighted by atomic mass is 35.5. The molecule has 0 N–H and O–H groups in total. The minimum atomic E-state index is 0.520. The number of hydrogen-bond acceptors (Lipinski definition) is 4. The molecule has 6 heteroatoms. The fourth-order valence-electron chi connectivity index (χ4n) is 1.66. The van der Waals surface area contributed by atoms with Gasteiger partial charge in [0, 0.05) is 4.88 Å². The molecule has 0 saturated heterocycles. The molecular formula is C11H9ClN4S. The number of halogens is 1. The van der Waals surface area contributed by atoms with Gasteiger partial charge in [0.1, 0.15) is 5.15 Å². The first kappa shape index (κ1) is 10.7. The maximum atomic E-state index is 6.13. The summed E-state index contributed by atoms with van der Waals surface area (Å²) in [6, 6.07) is 2.10. The van der Waals surface area contributed by atoms with Crippen molar-refractivity contribution in [3.63, 3.8) is 0 Å². The number of aromatic nitrogens is 4. The van der Waals surface area contributed by atoms with Crippen LogP contribution >= 0.6 is 22.9 Å². The van der Waals surface area contributed by atoms with Crippen LogP contribution in [0, 0.1) is 13.8 Å². The summed E-state index contributed by atoms with van der Waals surface area (Å²) in [7, 11) is 0. The van der Waals surface area contributed by atoms with E-state index in [1.165, 1.54) is 10.4 Å². The normalized spacial score (nSPS) is 11.2. The first-order valence-electron chi connectivity index (χ1n) is 5.09. The Morgan fingerprint density at radius 1 is 1.24 bits per heavy atom. The Kier molecular flexibility index (Phi) is 2.38. The van der Waals surface area contributed by atoms with Crippen LogP contribution in [0.25, 0.3) is 16.3 Å². The molecule has 17 heavy (non-hydrogen) atoms. The summed E-state index contributed by atoms with van der Waals surface area (Å²) >= 11 is 7.82. The minimum Gasteiger partial charge on any atom is -0.262 e. The van der Waals surface area contributed by atoms with Gasteiger partial charge in [-0.15, -0.1) is 21.5 Å². The zero-order valence-electron chi connectivity index (χ0n) is 9.31. The predicted molar refractivity (Wildman–Crippen MR) is 68.6 cm³/mol. The quantitative estimate of drug-likeness (QED) is 0.678. The lowest BCUT2D eigenvalue weighted by atomic mass is 10.3. The van der Waals surface area contributed by atoms with Gasteiger partial charge in [0.15, 0.2) is 11.5 Å². The third kappa shape index (κ3) is 1.62. The van der Waals surface area contributed by atoms with Gasteiger partial charge in [0.25, 0.3) is 0 Å². The van der Waals surface area contributed by atoms with Gasteiger partial charge in [-0.05, 0) is 25.5 Å². The van der Waals surface area contributed by atoms with Crippen LogP contribution in [0.2, 0.25) is 5.15 Å². The summed E-state index contributed by atoms with van der Waals surface area (Å²) in [6.07, 6.45) is 3.24. The van der Waals surface area contributed by atoms with E-state index in [-0.39, 0.29) is 0 Å². The molecule has 0 atom stereocenters. The monoisotopic (exact) mass is 264 g/mol. The largest absolute Gasteiger partial charge is 0.262 e. The summed E-state index contributed by atoms with van der Waals surface area (Å²) in [4.78, 5) is 6.34.